The predicted octanol–water partition coefficient (Wildman–Crippen LogP) is 1.92. The van der Waals surface area contributed by atoms with Gasteiger partial charge in [-0.05, 0) is 12.8 Å². The number of rotatable bonds is 2. The maximum Gasteiger partial charge on any atom is 0.453 e. The molecule has 0 aromatic heterocycles. The minimum atomic E-state index is -5.47. The second-order valence-corrected chi connectivity index (χ2v) is 3.06. The van der Waals surface area contributed by atoms with E-state index in [-0.39, 0.29) is 12.8 Å². The van der Waals surface area contributed by atoms with Crippen molar-refractivity contribution < 1.29 is 22.0 Å². The van der Waals surface area contributed by atoms with E-state index in [2.05, 4.69) is 0 Å². The summed E-state index contributed by atoms with van der Waals surface area (Å²) in [6.45, 7) is -0.612. The molecule has 1 fully saturated rings. The minimum Gasteiger partial charge on any atom is -0.330 e. The molecule has 1 rings (SSSR count). The van der Waals surface area contributed by atoms with Crippen LogP contribution in [-0.4, -0.2) is 18.6 Å². The summed E-state index contributed by atoms with van der Waals surface area (Å²) >= 11 is 0. The Hall–Kier alpha value is -0.390. The molecule has 1 nitrogen and oxygen atoms in total. The van der Waals surface area contributed by atoms with Gasteiger partial charge in [0.25, 0.3) is 0 Å². The summed E-state index contributed by atoms with van der Waals surface area (Å²) in [6, 6.07) is 0. The molecule has 0 bridgehead atoms. The van der Waals surface area contributed by atoms with Crippen LogP contribution in [0.1, 0.15) is 12.8 Å². The monoisotopic (exact) mass is 189 g/mol. The first-order valence-electron chi connectivity index (χ1n) is 3.41. The number of nitrogens with two attached hydrogens (primary N) is 1. The Morgan fingerprint density at radius 1 is 1.08 bits per heavy atom. The van der Waals surface area contributed by atoms with Crippen LogP contribution < -0.4 is 5.73 Å². The summed E-state index contributed by atoms with van der Waals surface area (Å²) in [5.74, 6) is -4.63. The molecule has 1 aliphatic rings. The Kier molecular flexibility index (Phi) is 1.86. The summed E-state index contributed by atoms with van der Waals surface area (Å²) in [6.07, 6.45) is -5.76. The number of hydrogen-bond acceptors (Lipinski definition) is 1. The Morgan fingerprint density at radius 3 is 1.58 bits per heavy atom. The van der Waals surface area contributed by atoms with E-state index < -0.39 is 24.1 Å². The Labute approximate surface area is 65.7 Å². The molecule has 2 N–H and O–H groups in total. The number of alkyl halides is 5. The van der Waals surface area contributed by atoms with Gasteiger partial charge in [0.2, 0.25) is 0 Å². The van der Waals surface area contributed by atoms with Crippen LogP contribution in [-0.2, 0) is 0 Å². The van der Waals surface area contributed by atoms with E-state index in [0.29, 0.717) is 0 Å². The van der Waals surface area contributed by atoms with Gasteiger partial charge < -0.3 is 5.73 Å². The lowest BCUT2D eigenvalue weighted by Crippen LogP contribution is -2.48. The highest BCUT2D eigenvalue weighted by molar-refractivity contribution is 5.07. The van der Waals surface area contributed by atoms with Crippen LogP contribution in [0.25, 0.3) is 0 Å². The highest BCUT2D eigenvalue weighted by atomic mass is 19.4. The van der Waals surface area contributed by atoms with Crippen molar-refractivity contribution in [3.63, 3.8) is 0 Å². The van der Waals surface area contributed by atoms with E-state index in [0.717, 1.165) is 0 Å². The standard InChI is InChI=1S/C6H8F5N/c7-5(8,6(9,10)11)4(3-12)1-2-4/h1-3,12H2. The van der Waals surface area contributed by atoms with Gasteiger partial charge in [-0.15, -0.1) is 0 Å². The van der Waals surface area contributed by atoms with Gasteiger partial charge in [0.05, 0.1) is 5.41 Å². The fraction of sp³-hybridized carbons (Fsp3) is 1.00. The average Bonchev–Trinajstić information content (AvgIpc) is 2.64. The number of hydrogen-bond donors (Lipinski definition) is 1. The van der Waals surface area contributed by atoms with Crippen LogP contribution in [0.3, 0.4) is 0 Å². The summed E-state index contributed by atoms with van der Waals surface area (Å²) in [5, 5.41) is 0. The van der Waals surface area contributed by atoms with Crippen LogP contribution >= 0.6 is 0 Å². The van der Waals surface area contributed by atoms with Gasteiger partial charge >= 0.3 is 12.1 Å². The molecule has 0 amide bonds. The summed E-state index contributed by atoms with van der Waals surface area (Å²) < 4.78 is 60.4. The van der Waals surface area contributed by atoms with Crippen LogP contribution in [0.5, 0.6) is 0 Å². The van der Waals surface area contributed by atoms with Crippen LogP contribution in [0.4, 0.5) is 22.0 Å². The van der Waals surface area contributed by atoms with E-state index in [4.69, 9.17) is 5.73 Å². The van der Waals surface area contributed by atoms with Gasteiger partial charge in [0.1, 0.15) is 0 Å². The molecule has 1 saturated carbocycles. The summed E-state index contributed by atoms with van der Waals surface area (Å²) in [5.41, 5.74) is 2.86. The highest BCUT2D eigenvalue weighted by Crippen LogP contribution is 2.61. The van der Waals surface area contributed by atoms with E-state index in [1.807, 2.05) is 0 Å². The molecule has 1 aliphatic carbocycles. The molecule has 6 heteroatoms. The van der Waals surface area contributed by atoms with Crippen LogP contribution in [0, 0.1) is 5.41 Å². The van der Waals surface area contributed by atoms with Crippen LogP contribution in [0.2, 0.25) is 0 Å². The summed E-state index contributed by atoms with van der Waals surface area (Å²) in [4.78, 5) is 0. The first kappa shape index (κ1) is 9.70. The van der Waals surface area contributed by atoms with Crippen molar-refractivity contribution in [2.24, 2.45) is 11.1 Å². The predicted molar refractivity (Wildman–Crippen MR) is 31.7 cm³/mol. The quantitative estimate of drug-likeness (QED) is 0.660. The smallest absolute Gasteiger partial charge is 0.330 e. The normalized spacial score (nSPS) is 22.5. The zero-order valence-electron chi connectivity index (χ0n) is 6.09. The molecule has 0 aromatic carbocycles. The third-order valence-electron chi connectivity index (χ3n) is 2.27. The molecule has 0 radical (unpaired) electrons. The molecule has 0 spiro atoms. The molecule has 0 aromatic rings. The third-order valence-corrected chi connectivity index (χ3v) is 2.27. The van der Waals surface area contributed by atoms with Crippen molar-refractivity contribution in [2.75, 3.05) is 6.54 Å². The largest absolute Gasteiger partial charge is 0.453 e. The third kappa shape index (κ3) is 1.09. The molecular weight excluding hydrogens is 181 g/mol. The molecule has 72 valence electrons. The molecule has 0 aliphatic heterocycles. The Balaban J connectivity index is 2.85. The van der Waals surface area contributed by atoms with Crippen LogP contribution in [0.15, 0.2) is 0 Å². The zero-order valence-corrected chi connectivity index (χ0v) is 6.09. The lowest BCUT2D eigenvalue weighted by atomic mass is 9.98. The molecule has 0 unspecified atom stereocenters. The van der Waals surface area contributed by atoms with Crippen molar-refractivity contribution in [3.8, 4) is 0 Å². The SMILES string of the molecule is NCC1(C(F)(F)C(F)(F)F)CC1. The molecular formula is C6H8F5N. The second kappa shape index (κ2) is 2.31. The highest BCUT2D eigenvalue weighted by Gasteiger charge is 2.73. The molecule has 12 heavy (non-hydrogen) atoms. The Bertz CT molecular complexity index is 181. The van der Waals surface area contributed by atoms with Gasteiger partial charge in [0.15, 0.2) is 0 Å². The average molecular weight is 189 g/mol. The van der Waals surface area contributed by atoms with Gasteiger partial charge in [-0.3, -0.25) is 0 Å². The topological polar surface area (TPSA) is 26.0 Å². The number of halogens is 5. The maximum atomic E-state index is 12.6. The fourth-order valence-electron chi connectivity index (χ4n) is 1.10. The maximum absolute atomic E-state index is 12.6. The van der Waals surface area contributed by atoms with Gasteiger partial charge in [-0.1, -0.05) is 0 Å². The first-order valence-corrected chi connectivity index (χ1v) is 3.41. The lowest BCUT2D eigenvalue weighted by Gasteiger charge is -2.27. The van der Waals surface area contributed by atoms with E-state index in [1.54, 1.807) is 0 Å². The van der Waals surface area contributed by atoms with Gasteiger partial charge in [0, 0.05) is 6.54 Å². The van der Waals surface area contributed by atoms with E-state index in [9.17, 15) is 22.0 Å². The molecule has 0 heterocycles. The summed E-state index contributed by atoms with van der Waals surface area (Å²) in [7, 11) is 0. The van der Waals surface area contributed by atoms with Crippen molar-refractivity contribution in [1.82, 2.24) is 0 Å². The Morgan fingerprint density at radius 2 is 1.50 bits per heavy atom. The molecule has 0 atom stereocenters. The lowest BCUT2D eigenvalue weighted by molar-refractivity contribution is -0.307. The fourth-order valence-corrected chi connectivity index (χ4v) is 1.10. The zero-order chi connectivity index (χ0) is 9.62. The van der Waals surface area contributed by atoms with Gasteiger partial charge in [-0.2, -0.15) is 22.0 Å². The van der Waals surface area contributed by atoms with Crippen molar-refractivity contribution in [3.05, 3.63) is 0 Å². The second-order valence-electron chi connectivity index (χ2n) is 3.06. The molecule has 0 saturated heterocycles. The van der Waals surface area contributed by atoms with Gasteiger partial charge in [-0.25, -0.2) is 0 Å². The van der Waals surface area contributed by atoms with Crippen molar-refractivity contribution in [2.45, 2.75) is 24.9 Å². The minimum absolute atomic E-state index is 0.143. The van der Waals surface area contributed by atoms with E-state index in [1.165, 1.54) is 0 Å². The van der Waals surface area contributed by atoms with Crippen molar-refractivity contribution >= 4 is 0 Å². The van der Waals surface area contributed by atoms with E-state index >= 15 is 0 Å². The first-order chi connectivity index (χ1) is 5.27. The van der Waals surface area contributed by atoms with Crippen molar-refractivity contribution in [1.29, 1.82) is 0 Å².